The van der Waals surface area contributed by atoms with E-state index < -0.39 is 0 Å². The zero-order chi connectivity index (χ0) is 15.1. The Labute approximate surface area is 130 Å². The largest absolute Gasteiger partial charge is 0.311 e. The number of likely N-dealkylation sites (tertiary alicyclic amines) is 1. The van der Waals surface area contributed by atoms with Gasteiger partial charge in [0.1, 0.15) is 11.3 Å². The van der Waals surface area contributed by atoms with Crippen molar-refractivity contribution in [2.24, 2.45) is 13.0 Å². The van der Waals surface area contributed by atoms with Crippen LogP contribution in [-0.4, -0.2) is 43.9 Å². The van der Waals surface area contributed by atoms with Gasteiger partial charge >= 0.3 is 0 Å². The highest BCUT2D eigenvalue weighted by molar-refractivity contribution is 6.20. The average Bonchev–Trinajstić information content (AvgIpc) is 3.08. The van der Waals surface area contributed by atoms with Gasteiger partial charge in [-0.3, -0.25) is 4.68 Å². The number of alkyl halides is 1. The van der Waals surface area contributed by atoms with E-state index in [0.29, 0.717) is 5.92 Å². The minimum absolute atomic E-state index is 0.0829. The first-order valence-electron chi connectivity index (χ1n) is 7.77. The third-order valence-corrected chi connectivity index (χ3v) is 4.73. The van der Waals surface area contributed by atoms with E-state index in [4.69, 9.17) is 16.6 Å². The number of aryl methyl sites for hydroxylation is 2. The number of imidazole rings is 1. The van der Waals surface area contributed by atoms with Gasteiger partial charge < -0.3 is 9.47 Å². The first-order chi connectivity index (χ1) is 10.0. The zero-order valence-electron chi connectivity index (χ0n) is 13.3. The van der Waals surface area contributed by atoms with Gasteiger partial charge in [-0.15, -0.1) is 11.6 Å². The lowest BCUT2D eigenvalue weighted by molar-refractivity contribution is 0.332. The van der Waals surface area contributed by atoms with Crippen LogP contribution in [0.2, 0.25) is 0 Å². The van der Waals surface area contributed by atoms with E-state index in [-0.39, 0.29) is 5.38 Å². The molecule has 3 heterocycles. The summed E-state index contributed by atoms with van der Waals surface area (Å²) in [5.74, 6) is 1.64. The highest BCUT2D eigenvalue weighted by Gasteiger charge is 2.26. The maximum atomic E-state index is 6.36. The predicted octanol–water partition coefficient (Wildman–Crippen LogP) is 2.72. The molecule has 0 saturated carbocycles. The highest BCUT2D eigenvalue weighted by atomic mass is 35.5. The van der Waals surface area contributed by atoms with Gasteiger partial charge in [0, 0.05) is 20.1 Å². The molecule has 116 valence electrons. The van der Waals surface area contributed by atoms with Crippen LogP contribution in [-0.2, 0) is 13.6 Å². The van der Waals surface area contributed by atoms with Crippen molar-refractivity contribution in [1.29, 1.82) is 0 Å². The minimum Gasteiger partial charge on any atom is -0.311 e. The van der Waals surface area contributed by atoms with Gasteiger partial charge in [0.25, 0.3) is 0 Å². The monoisotopic (exact) mass is 309 g/mol. The predicted molar refractivity (Wildman–Crippen MR) is 85.7 cm³/mol. The Bertz CT molecular complexity index is 642. The van der Waals surface area contributed by atoms with E-state index in [2.05, 4.69) is 21.5 Å². The van der Waals surface area contributed by atoms with E-state index in [1.54, 1.807) is 0 Å². The molecule has 0 bridgehead atoms. The molecule has 0 N–H and O–H groups in total. The third kappa shape index (κ3) is 2.57. The molecule has 0 radical (unpaired) electrons. The van der Waals surface area contributed by atoms with Crippen molar-refractivity contribution < 1.29 is 0 Å². The molecule has 5 nitrogen and oxygen atoms in total. The van der Waals surface area contributed by atoms with Crippen molar-refractivity contribution in [2.75, 3.05) is 19.6 Å². The molecule has 0 aromatic carbocycles. The van der Waals surface area contributed by atoms with E-state index >= 15 is 0 Å². The lowest BCUT2D eigenvalue weighted by Gasteiger charge is -2.16. The van der Waals surface area contributed by atoms with Crippen molar-refractivity contribution in [1.82, 2.24) is 24.2 Å². The summed E-state index contributed by atoms with van der Waals surface area (Å²) in [5.41, 5.74) is 3.07. The summed E-state index contributed by atoms with van der Waals surface area (Å²) < 4.78 is 4.23. The topological polar surface area (TPSA) is 38.9 Å². The molecule has 2 atom stereocenters. The second-order valence-electron chi connectivity index (χ2n) is 6.13. The van der Waals surface area contributed by atoms with Gasteiger partial charge in [-0.25, -0.2) is 4.98 Å². The molecule has 1 aliphatic heterocycles. The first kappa shape index (κ1) is 14.9. The molecule has 3 rings (SSSR count). The minimum atomic E-state index is -0.0829. The molecule has 0 aliphatic carbocycles. The van der Waals surface area contributed by atoms with Crippen LogP contribution in [0.1, 0.15) is 37.2 Å². The zero-order valence-corrected chi connectivity index (χ0v) is 14.1. The van der Waals surface area contributed by atoms with Crippen LogP contribution in [0.5, 0.6) is 0 Å². The highest BCUT2D eigenvalue weighted by Crippen LogP contribution is 2.28. The SMILES string of the molecule is CCN1CCC(Cn2c(C(C)Cl)nc3c(C)nn(C)c32)C1. The summed E-state index contributed by atoms with van der Waals surface area (Å²) in [4.78, 5) is 7.26. The lowest BCUT2D eigenvalue weighted by Crippen LogP contribution is -2.22. The maximum Gasteiger partial charge on any atom is 0.158 e. The molecular weight excluding hydrogens is 286 g/mol. The normalized spacial score (nSPS) is 21.5. The van der Waals surface area contributed by atoms with Gasteiger partial charge in [-0.05, 0) is 39.3 Å². The van der Waals surface area contributed by atoms with Crippen LogP contribution < -0.4 is 0 Å². The average molecular weight is 310 g/mol. The van der Waals surface area contributed by atoms with Crippen LogP contribution in [0, 0.1) is 12.8 Å². The van der Waals surface area contributed by atoms with Crippen LogP contribution in [0.4, 0.5) is 0 Å². The van der Waals surface area contributed by atoms with Gasteiger partial charge in [-0.2, -0.15) is 5.10 Å². The second-order valence-corrected chi connectivity index (χ2v) is 6.78. The van der Waals surface area contributed by atoms with Gasteiger partial charge in [0.05, 0.1) is 11.1 Å². The number of nitrogens with zero attached hydrogens (tertiary/aromatic N) is 5. The molecule has 1 saturated heterocycles. The first-order valence-corrected chi connectivity index (χ1v) is 8.21. The quantitative estimate of drug-likeness (QED) is 0.815. The van der Waals surface area contributed by atoms with Crippen molar-refractivity contribution >= 4 is 22.8 Å². The summed E-state index contributed by atoms with van der Waals surface area (Å²) >= 11 is 6.36. The maximum absolute atomic E-state index is 6.36. The van der Waals surface area contributed by atoms with Crippen molar-refractivity contribution in [3.05, 3.63) is 11.5 Å². The molecule has 0 amide bonds. The van der Waals surface area contributed by atoms with E-state index in [1.165, 1.54) is 19.5 Å². The van der Waals surface area contributed by atoms with E-state index in [1.807, 2.05) is 25.6 Å². The molecule has 2 aromatic rings. The Balaban J connectivity index is 1.97. The Morgan fingerprint density at radius 1 is 1.43 bits per heavy atom. The number of aromatic nitrogens is 4. The Morgan fingerprint density at radius 3 is 2.81 bits per heavy atom. The molecule has 1 aliphatic rings. The second kappa shape index (κ2) is 5.61. The molecule has 0 spiro atoms. The fourth-order valence-electron chi connectivity index (χ4n) is 3.44. The molecule has 2 aromatic heterocycles. The fraction of sp³-hybridized carbons (Fsp3) is 0.733. The van der Waals surface area contributed by atoms with E-state index in [0.717, 1.165) is 35.8 Å². The number of hydrogen-bond donors (Lipinski definition) is 0. The van der Waals surface area contributed by atoms with E-state index in [9.17, 15) is 0 Å². The smallest absolute Gasteiger partial charge is 0.158 e. The third-order valence-electron chi connectivity index (χ3n) is 4.53. The molecule has 2 unspecified atom stereocenters. The molecule has 6 heteroatoms. The summed E-state index contributed by atoms with van der Waals surface area (Å²) in [6.07, 6.45) is 1.25. The van der Waals surface area contributed by atoms with Crippen molar-refractivity contribution in [3.8, 4) is 0 Å². The van der Waals surface area contributed by atoms with Gasteiger partial charge in [0.15, 0.2) is 5.65 Å². The van der Waals surface area contributed by atoms with Crippen molar-refractivity contribution in [3.63, 3.8) is 0 Å². The summed E-state index contributed by atoms with van der Waals surface area (Å²) in [6, 6.07) is 0. The fourth-order valence-corrected chi connectivity index (χ4v) is 3.61. The number of hydrogen-bond acceptors (Lipinski definition) is 3. The summed E-state index contributed by atoms with van der Waals surface area (Å²) in [7, 11) is 1.99. The van der Waals surface area contributed by atoms with Crippen molar-refractivity contribution in [2.45, 2.75) is 39.1 Å². The lowest BCUT2D eigenvalue weighted by atomic mass is 10.1. The summed E-state index contributed by atoms with van der Waals surface area (Å²) in [5, 5.41) is 4.41. The van der Waals surface area contributed by atoms with Crippen LogP contribution in [0.3, 0.4) is 0 Å². The Kier molecular flexibility index (Phi) is 3.97. The van der Waals surface area contributed by atoms with Crippen LogP contribution in [0.25, 0.3) is 11.2 Å². The summed E-state index contributed by atoms with van der Waals surface area (Å²) in [6.45, 7) is 10.7. The molecule has 1 fully saturated rings. The van der Waals surface area contributed by atoms with Gasteiger partial charge in [-0.1, -0.05) is 6.92 Å². The van der Waals surface area contributed by atoms with Gasteiger partial charge in [0.2, 0.25) is 0 Å². The Hall–Kier alpha value is -1.07. The van der Waals surface area contributed by atoms with Crippen LogP contribution in [0.15, 0.2) is 0 Å². The standard InChI is InChI=1S/C15H24ClN5/c1-5-20-7-6-12(8-20)9-21-14(10(2)16)17-13-11(3)18-19(4)15(13)21/h10,12H,5-9H2,1-4H3. The van der Waals surface area contributed by atoms with Crippen LogP contribution >= 0.6 is 11.6 Å². The number of rotatable bonds is 4. The molecule has 21 heavy (non-hydrogen) atoms. The number of fused-ring (bicyclic) bond motifs is 1. The molecular formula is C15H24ClN5. The number of halogens is 1. The Morgan fingerprint density at radius 2 is 2.19 bits per heavy atom.